The maximum Gasteiger partial charge on any atom is 0.381 e. The van der Waals surface area contributed by atoms with Crippen LogP contribution in [-0.4, -0.2) is 36.2 Å². The highest BCUT2D eigenvalue weighted by atomic mass is 32.5. The molecule has 0 bridgehead atoms. The van der Waals surface area contributed by atoms with E-state index >= 15 is 0 Å². The third-order valence-corrected chi connectivity index (χ3v) is 4.10. The van der Waals surface area contributed by atoms with Crippen LogP contribution in [0.25, 0.3) is 0 Å². The van der Waals surface area contributed by atoms with E-state index in [9.17, 15) is 0 Å². The molecule has 0 aromatic carbocycles. The Bertz CT molecular complexity index is 785. The summed E-state index contributed by atoms with van der Waals surface area (Å²) in [6.45, 7) is -11.9. The fraction of sp³-hybridized carbons (Fsp3) is 0.692. The summed E-state index contributed by atoms with van der Waals surface area (Å²) in [5.41, 5.74) is 0.395. The molecule has 0 aliphatic carbocycles. The van der Waals surface area contributed by atoms with Crippen LogP contribution in [-0.2, 0) is 20.9 Å². The molecule has 0 spiro atoms. The van der Waals surface area contributed by atoms with Crippen LogP contribution < -0.4 is 9.42 Å². The summed E-state index contributed by atoms with van der Waals surface area (Å²) in [5, 5.41) is 0. The van der Waals surface area contributed by atoms with Gasteiger partial charge in [0, 0.05) is 44.9 Å². The van der Waals surface area contributed by atoms with Gasteiger partial charge >= 0.3 is 6.72 Å². The second-order valence-electron chi connectivity index (χ2n) is 3.75. The first-order chi connectivity index (χ1) is 13.8. The first-order valence-electron chi connectivity index (χ1n) is 11.1. The molecule has 0 atom stereocenters. The predicted molar refractivity (Wildman–Crippen MR) is 88.5 cm³/mol. The highest BCUT2D eigenvalue weighted by Crippen LogP contribution is 2.49. The molecule has 0 aliphatic rings. The summed E-state index contributed by atoms with van der Waals surface area (Å²) in [6.07, 6.45) is 0. The topological polar surface area (TPSA) is 56.7 Å². The number of hydrogen-bond donors (Lipinski definition) is 0. The molecule has 0 fully saturated rings. The predicted octanol–water partition coefficient (Wildman–Crippen LogP) is 3.31. The van der Waals surface area contributed by atoms with Gasteiger partial charge in [-0.15, -0.1) is 0 Å². The average Bonchev–Trinajstić information content (AvgIpc) is 2.51. The maximum atomic E-state index is 7.65. The largest absolute Gasteiger partial charge is 0.405 e. The molecule has 0 radical (unpaired) electrons. The average molecular weight is 343 g/mol. The van der Waals surface area contributed by atoms with E-state index in [1.807, 2.05) is 13.8 Å². The quantitative estimate of drug-likeness (QED) is 0.638. The molecule has 21 heavy (non-hydrogen) atoms. The molecule has 0 saturated carbocycles. The number of hydrogen-bond acceptors (Lipinski definition) is 7. The third kappa shape index (κ3) is 5.51. The Balaban J connectivity index is 3.47. The second-order valence-corrected chi connectivity index (χ2v) is 6.53. The zero-order valence-electron chi connectivity index (χ0n) is 21.9. The molecule has 1 aromatic rings. The van der Waals surface area contributed by atoms with E-state index in [1.54, 1.807) is 11.8 Å². The lowest BCUT2D eigenvalue weighted by Crippen LogP contribution is -2.24. The van der Waals surface area contributed by atoms with Gasteiger partial charge < -0.3 is 9.42 Å². The fourth-order valence-corrected chi connectivity index (χ4v) is 2.61. The van der Waals surface area contributed by atoms with Crippen molar-refractivity contribution in [1.82, 2.24) is 9.97 Å². The minimum atomic E-state index is -4.71. The second kappa shape index (κ2) is 8.63. The molecular weight excluding hydrogens is 309 g/mol. The molecular formula is C13H24N3O3PS. The van der Waals surface area contributed by atoms with E-state index < -0.39 is 33.5 Å². The molecule has 0 unspecified atom stereocenters. The SMILES string of the molecule is [2H]C([2H])([2H])C([2H])([2H])OP(=S)(Oc1cc(C)nc(N(CC)CC)n1)OC([2H])([2H])C([2H])([2H])[2H]. The minimum Gasteiger partial charge on any atom is -0.405 e. The molecule has 120 valence electrons. The number of anilines is 1. The number of rotatable bonds is 9. The summed E-state index contributed by atoms with van der Waals surface area (Å²) in [6, 6.07) is 1.26. The summed E-state index contributed by atoms with van der Waals surface area (Å²) >= 11 is 5.02. The Morgan fingerprint density at radius 2 is 1.90 bits per heavy atom. The highest BCUT2D eigenvalue weighted by Gasteiger charge is 2.23. The number of aromatic nitrogens is 2. The molecule has 8 heteroatoms. The highest BCUT2D eigenvalue weighted by molar-refractivity contribution is 8.07. The lowest BCUT2D eigenvalue weighted by molar-refractivity contribution is 0.216. The van der Waals surface area contributed by atoms with Gasteiger partial charge in [-0.05, 0) is 34.5 Å². The van der Waals surface area contributed by atoms with Crippen LogP contribution in [0.1, 0.15) is 47.0 Å². The van der Waals surface area contributed by atoms with E-state index in [0.29, 0.717) is 18.8 Å². The molecule has 1 aromatic heterocycles. The van der Waals surface area contributed by atoms with E-state index in [1.165, 1.54) is 6.07 Å². The van der Waals surface area contributed by atoms with Crippen molar-refractivity contribution in [3.8, 4) is 5.88 Å². The lowest BCUT2D eigenvalue weighted by atomic mass is 10.4. The number of aryl methyl sites for hydroxylation is 1. The van der Waals surface area contributed by atoms with Gasteiger partial charge in [-0.2, -0.15) is 4.98 Å². The van der Waals surface area contributed by atoms with Gasteiger partial charge in [0.25, 0.3) is 0 Å². The first kappa shape index (κ1) is 8.20. The van der Waals surface area contributed by atoms with Crippen molar-refractivity contribution in [3.63, 3.8) is 0 Å². The van der Waals surface area contributed by atoms with Crippen LogP contribution in [0.3, 0.4) is 0 Å². The van der Waals surface area contributed by atoms with Crippen molar-refractivity contribution in [2.75, 3.05) is 31.1 Å². The van der Waals surface area contributed by atoms with E-state index in [0.717, 1.165) is 0 Å². The number of nitrogens with zero attached hydrogens (tertiary/aromatic N) is 3. The Morgan fingerprint density at radius 1 is 1.29 bits per heavy atom. The molecule has 6 nitrogen and oxygen atoms in total. The molecule has 1 heterocycles. The summed E-state index contributed by atoms with van der Waals surface area (Å²) < 4.78 is 89.3. The Morgan fingerprint density at radius 3 is 2.43 bits per heavy atom. The van der Waals surface area contributed by atoms with Gasteiger partial charge in [0.2, 0.25) is 11.8 Å². The van der Waals surface area contributed by atoms with Crippen LogP contribution in [0.4, 0.5) is 5.95 Å². The Labute approximate surface area is 146 Å². The van der Waals surface area contributed by atoms with E-state index in [4.69, 9.17) is 39.1 Å². The van der Waals surface area contributed by atoms with E-state index in [2.05, 4.69) is 9.97 Å². The standard InChI is InChI=1S/C13H24N3O3PS/c1-6-16(7-2)13-14-11(5)10-12(15-13)19-20(21,17-8-3)18-9-4/h10H,6-9H2,1-5H3/i3D3,4D3,8D2,9D2. The zero-order valence-corrected chi connectivity index (χ0v) is 13.6. The maximum absolute atomic E-state index is 7.65. The van der Waals surface area contributed by atoms with Gasteiger partial charge in [0.1, 0.15) is 0 Å². The Kier molecular flexibility index (Phi) is 3.37. The normalized spacial score (nSPS) is 21.1. The van der Waals surface area contributed by atoms with Crippen molar-refractivity contribution >= 4 is 24.5 Å². The molecule has 0 amide bonds. The molecule has 0 aliphatic heterocycles. The zero-order chi connectivity index (χ0) is 24.5. The van der Waals surface area contributed by atoms with Gasteiger partial charge in [-0.3, -0.25) is 9.05 Å². The summed E-state index contributed by atoms with van der Waals surface area (Å²) in [7, 11) is 0. The first-order valence-corrected chi connectivity index (χ1v) is 8.64. The molecule has 0 N–H and O–H groups in total. The van der Waals surface area contributed by atoms with Crippen LogP contribution in [0, 0.1) is 6.92 Å². The van der Waals surface area contributed by atoms with Crippen molar-refractivity contribution in [2.45, 2.75) is 34.5 Å². The van der Waals surface area contributed by atoms with Crippen LogP contribution in [0.15, 0.2) is 6.07 Å². The lowest BCUT2D eigenvalue weighted by Gasteiger charge is -2.22. The molecule has 0 saturated heterocycles. The van der Waals surface area contributed by atoms with Gasteiger partial charge in [0.15, 0.2) is 0 Å². The summed E-state index contributed by atoms with van der Waals surface area (Å²) in [5.74, 6) is -0.111. The molecule has 1 rings (SSSR count). The van der Waals surface area contributed by atoms with Crippen molar-refractivity contribution in [2.24, 2.45) is 0 Å². The monoisotopic (exact) mass is 343 g/mol. The summed E-state index contributed by atoms with van der Waals surface area (Å²) in [4.78, 5) is 10.1. The van der Waals surface area contributed by atoms with Gasteiger partial charge in [-0.1, -0.05) is 0 Å². The van der Waals surface area contributed by atoms with Gasteiger partial charge in [0.05, 0.1) is 18.6 Å². The fourth-order valence-electron chi connectivity index (χ4n) is 1.50. The van der Waals surface area contributed by atoms with Crippen molar-refractivity contribution in [3.05, 3.63) is 11.8 Å². The van der Waals surface area contributed by atoms with Gasteiger partial charge in [-0.25, -0.2) is 4.98 Å². The van der Waals surface area contributed by atoms with Crippen molar-refractivity contribution in [1.29, 1.82) is 0 Å². The minimum absolute atomic E-state index is 0.208. The third-order valence-electron chi connectivity index (χ3n) is 2.39. The smallest absolute Gasteiger partial charge is 0.381 e. The van der Waals surface area contributed by atoms with Crippen LogP contribution >= 0.6 is 6.72 Å². The van der Waals surface area contributed by atoms with Crippen LogP contribution in [0.2, 0.25) is 0 Å². The Hall–Kier alpha value is -0.750. The van der Waals surface area contributed by atoms with Crippen LogP contribution in [0.5, 0.6) is 5.88 Å². The van der Waals surface area contributed by atoms with Crippen molar-refractivity contribution < 1.29 is 27.3 Å². The van der Waals surface area contributed by atoms with E-state index in [-0.39, 0.29) is 11.8 Å².